The quantitative estimate of drug-likeness (QED) is 0.873. The fourth-order valence-electron chi connectivity index (χ4n) is 1.74. The molecule has 0 aliphatic carbocycles. The first-order valence-electron chi connectivity index (χ1n) is 6.10. The van der Waals surface area contributed by atoms with Crippen molar-refractivity contribution in [3.8, 4) is 17.2 Å². The van der Waals surface area contributed by atoms with Crippen molar-refractivity contribution in [1.82, 2.24) is 4.98 Å². The van der Waals surface area contributed by atoms with Crippen molar-refractivity contribution in [1.29, 1.82) is 0 Å². The average molecular weight is 277 g/mol. The fraction of sp³-hybridized carbons (Fsp3) is 0.286. The number of oxazole rings is 1. The number of nitrogens with zero attached hydrogens (tertiary/aromatic N) is 1. The van der Waals surface area contributed by atoms with Crippen molar-refractivity contribution in [2.45, 2.75) is 13.5 Å². The van der Waals surface area contributed by atoms with E-state index in [9.17, 15) is 4.79 Å². The van der Waals surface area contributed by atoms with Crippen molar-refractivity contribution in [3.05, 3.63) is 35.7 Å². The van der Waals surface area contributed by atoms with Crippen LogP contribution in [0, 0.1) is 0 Å². The highest BCUT2D eigenvalue weighted by Gasteiger charge is 2.20. The predicted molar refractivity (Wildman–Crippen MR) is 70.8 cm³/mol. The van der Waals surface area contributed by atoms with Crippen LogP contribution in [0.15, 0.2) is 28.7 Å². The van der Waals surface area contributed by atoms with E-state index < -0.39 is 5.97 Å². The highest BCUT2D eigenvalue weighted by molar-refractivity contribution is 5.86. The molecule has 0 bridgehead atoms. The summed E-state index contributed by atoms with van der Waals surface area (Å²) in [6.07, 6.45) is 0. The summed E-state index contributed by atoms with van der Waals surface area (Å²) in [6.45, 7) is 2.57. The van der Waals surface area contributed by atoms with E-state index in [4.69, 9.17) is 19.0 Å². The summed E-state index contributed by atoms with van der Waals surface area (Å²) in [4.78, 5) is 15.2. The second kappa shape index (κ2) is 6.21. The monoisotopic (exact) mass is 277 g/mol. The molecule has 1 aromatic carbocycles. The van der Waals surface area contributed by atoms with E-state index in [0.717, 1.165) is 5.75 Å². The van der Waals surface area contributed by atoms with E-state index in [1.54, 1.807) is 24.3 Å². The van der Waals surface area contributed by atoms with Crippen LogP contribution in [-0.2, 0) is 11.3 Å². The lowest BCUT2D eigenvalue weighted by molar-refractivity contribution is 0.0656. The molecule has 0 radical (unpaired) electrons. The van der Waals surface area contributed by atoms with Crippen LogP contribution in [0.2, 0.25) is 0 Å². The van der Waals surface area contributed by atoms with Gasteiger partial charge in [-0.15, -0.1) is 0 Å². The van der Waals surface area contributed by atoms with Crippen LogP contribution in [-0.4, -0.2) is 29.8 Å². The van der Waals surface area contributed by atoms with E-state index in [1.165, 1.54) is 7.11 Å². The molecule has 0 aliphatic heterocycles. The first-order chi connectivity index (χ1) is 9.65. The fourth-order valence-corrected chi connectivity index (χ4v) is 1.74. The summed E-state index contributed by atoms with van der Waals surface area (Å²) in [5.74, 6) is -0.381. The Balaban J connectivity index is 2.32. The van der Waals surface area contributed by atoms with Gasteiger partial charge in [-0.25, -0.2) is 9.78 Å². The molecule has 0 atom stereocenters. The number of carbonyl (C=O) groups is 1. The molecule has 0 fully saturated rings. The predicted octanol–water partition coefficient (Wildman–Crippen LogP) is 2.58. The summed E-state index contributed by atoms with van der Waals surface area (Å²) < 4.78 is 15.5. The van der Waals surface area contributed by atoms with Crippen LogP contribution in [0.25, 0.3) is 11.5 Å². The number of aromatic carboxylic acids is 1. The summed E-state index contributed by atoms with van der Waals surface area (Å²) in [5.41, 5.74) is 0.946. The Kier molecular flexibility index (Phi) is 4.37. The van der Waals surface area contributed by atoms with Gasteiger partial charge >= 0.3 is 5.97 Å². The van der Waals surface area contributed by atoms with Crippen LogP contribution in [0.1, 0.15) is 23.2 Å². The van der Waals surface area contributed by atoms with Gasteiger partial charge in [0, 0.05) is 12.7 Å². The van der Waals surface area contributed by atoms with E-state index in [2.05, 4.69) is 4.98 Å². The second-order valence-corrected chi connectivity index (χ2v) is 3.99. The standard InChI is InChI=1S/C14H15NO5/c1-3-19-10-6-4-9(5-7-10)13-15-11(8-18-2)12(20-13)14(16)17/h4-7H,3,8H2,1-2H3,(H,16,17). The van der Waals surface area contributed by atoms with Gasteiger partial charge in [0.1, 0.15) is 11.4 Å². The summed E-state index contributed by atoms with van der Waals surface area (Å²) in [5, 5.41) is 9.06. The van der Waals surface area contributed by atoms with Gasteiger partial charge in [0.05, 0.1) is 13.2 Å². The normalized spacial score (nSPS) is 10.5. The zero-order valence-corrected chi connectivity index (χ0v) is 11.3. The molecule has 0 spiro atoms. The largest absolute Gasteiger partial charge is 0.494 e. The SMILES string of the molecule is CCOc1ccc(-c2nc(COC)c(C(=O)O)o2)cc1. The van der Waals surface area contributed by atoms with Crippen LogP contribution < -0.4 is 4.74 Å². The zero-order chi connectivity index (χ0) is 14.5. The van der Waals surface area contributed by atoms with Gasteiger partial charge in [0.15, 0.2) is 0 Å². The Hall–Kier alpha value is -2.34. The molecule has 1 aromatic heterocycles. The van der Waals surface area contributed by atoms with Gasteiger partial charge < -0.3 is 19.0 Å². The van der Waals surface area contributed by atoms with Crippen LogP contribution in [0.3, 0.4) is 0 Å². The number of carboxylic acid groups (broad SMARTS) is 1. The van der Waals surface area contributed by atoms with Crippen LogP contribution >= 0.6 is 0 Å². The minimum Gasteiger partial charge on any atom is -0.494 e. The Morgan fingerprint density at radius 3 is 2.60 bits per heavy atom. The third-order valence-electron chi connectivity index (χ3n) is 2.58. The molecule has 20 heavy (non-hydrogen) atoms. The maximum atomic E-state index is 11.1. The topological polar surface area (TPSA) is 81.8 Å². The third-order valence-corrected chi connectivity index (χ3v) is 2.58. The molecule has 106 valence electrons. The van der Waals surface area contributed by atoms with Gasteiger partial charge in [0.2, 0.25) is 11.7 Å². The summed E-state index contributed by atoms with van der Waals surface area (Å²) in [7, 11) is 1.47. The van der Waals surface area contributed by atoms with Crippen molar-refractivity contribution in [2.24, 2.45) is 0 Å². The van der Waals surface area contributed by atoms with Crippen molar-refractivity contribution >= 4 is 5.97 Å². The van der Waals surface area contributed by atoms with Crippen LogP contribution in [0.4, 0.5) is 0 Å². The zero-order valence-electron chi connectivity index (χ0n) is 11.3. The molecule has 6 nitrogen and oxygen atoms in total. The maximum absolute atomic E-state index is 11.1. The molecule has 0 saturated carbocycles. The Bertz CT molecular complexity index is 588. The van der Waals surface area contributed by atoms with Gasteiger partial charge in [-0.2, -0.15) is 0 Å². The van der Waals surface area contributed by atoms with E-state index in [1.807, 2.05) is 6.92 Å². The average Bonchev–Trinajstić information content (AvgIpc) is 2.85. The first kappa shape index (κ1) is 14.1. The highest BCUT2D eigenvalue weighted by atomic mass is 16.5. The Morgan fingerprint density at radius 1 is 1.35 bits per heavy atom. The summed E-state index contributed by atoms with van der Waals surface area (Å²) in [6, 6.07) is 7.08. The molecule has 0 amide bonds. The van der Waals surface area contributed by atoms with E-state index >= 15 is 0 Å². The van der Waals surface area contributed by atoms with Gasteiger partial charge in [0.25, 0.3) is 0 Å². The molecule has 1 N–H and O–H groups in total. The molecule has 1 heterocycles. The van der Waals surface area contributed by atoms with Gasteiger partial charge in [-0.05, 0) is 31.2 Å². The highest BCUT2D eigenvalue weighted by Crippen LogP contribution is 2.24. The first-order valence-corrected chi connectivity index (χ1v) is 6.10. The maximum Gasteiger partial charge on any atom is 0.373 e. The van der Waals surface area contributed by atoms with Crippen molar-refractivity contribution in [2.75, 3.05) is 13.7 Å². The Morgan fingerprint density at radius 2 is 2.05 bits per heavy atom. The molecule has 0 unspecified atom stereocenters. The number of hydrogen-bond acceptors (Lipinski definition) is 5. The second-order valence-electron chi connectivity index (χ2n) is 3.99. The minimum atomic E-state index is -1.17. The number of carboxylic acids is 1. The molecule has 0 saturated heterocycles. The lowest BCUT2D eigenvalue weighted by Gasteiger charge is -2.02. The number of benzene rings is 1. The van der Waals surface area contributed by atoms with E-state index in [0.29, 0.717) is 12.2 Å². The van der Waals surface area contributed by atoms with E-state index in [-0.39, 0.29) is 24.0 Å². The molecule has 6 heteroatoms. The lowest BCUT2D eigenvalue weighted by Crippen LogP contribution is -2.00. The number of hydrogen-bond donors (Lipinski definition) is 1. The number of ether oxygens (including phenoxy) is 2. The van der Waals surface area contributed by atoms with Gasteiger partial charge in [-0.1, -0.05) is 0 Å². The third kappa shape index (κ3) is 2.97. The summed E-state index contributed by atoms with van der Waals surface area (Å²) >= 11 is 0. The number of methoxy groups -OCH3 is 1. The molecular formula is C14H15NO5. The minimum absolute atomic E-state index is 0.0855. The molecular weight excluding hydrogens is 262 g/mol. The lowest BCUT2D eigenvalue weighted by atomic mass is 10.2. The molecule has 0 aliphatic rings. The van der Waals surface area contributed by atoms with Crippen molar-refractivity contribution in [3.63, 3.8) is 0 Å². The Labute approximate surface area is 116 Å². The molecule has 2 aromatic rings. The van der Waals surface area contributed by atoms with Crippen LogP contribution in [0.5, 0.6) is 5.75 Å². The van der Waals surface area contributed by atoms with Gasteiger partial charge in [-0.3, -0.25) is 0 Å². The molecule has 2 rings (SSSR count). The smallest absolute Gasteiger partial charge is 0.373 e. The number of rotatable bonds is 6. The van der Waals surface area contributed by atoms with Crippen molar-refractivity contribution < 1.29 is 23.8 Å². The number of aromatic nitrogens is 1.